The van der Waals surface area contributed by atoms with E-state index in [2.05, 4.69) is 10.5 Å². The van der Waals surface area contributed by atoms with Crippen LogP contribution in [-0.2, 0) is 5.75 Å². The van der Waals surface area contributed by atoms with Crippen LogP contribution in [0, 0.1) is 13.8 Å². The fraction of sp³-hybridized carbons (Fsp3) is 0.333. The number of aromatic nitrogens is 1. The minimum Gasteiger partial charge on any atom is -0.361 e. The lowest BCUT2D eigenvalue weighted by Crippen LogP contribution is -2.29. The van der Waals surface area contributed by atoms with Crippen molar-refractivity contribution in [3.63, 3.8) is 0 Å². The molecule has 0 atom stereocenters. The van der Waals surface area contributed by atoms with Crippen LogP contribution in [0.3, 0.4) is 0 Å². The molecule has 1 amide bonds. The molecule has 1 aromatic heterocycles. The summed E-state index contributed by atoms with van der Waals surface area (Å²) in [7, 11) is 0. The molecule has 22 heavy (non-hydrogen) atoms. The van der Waals surface area contributed by atoms with E-state index in [4.69, 9.17) is 10.3 Å². The van der Waals surface area contributed by atoms with Gasteiger partial charge in [-0.15, -0.1) is 24.2 Å². The second-order valence-electron chi connectivity index (χ2n) is 4.63. The van der Waals surface area contributed by atoms with Crippen LogP contribution in [0.4, 0.5) is 0 Å². The molecule has 0 spiro atoms. The summed E-state index contributed by atoms with van der Waals surface area (Å²) < 4.78 is 5.16. The highest BCUT2D eigenvalue weighted by Gasteiger charge is 2.13. The summed E-state index contributed by atoms with van der Waals surface area (Å²) in [6, 6.07) is 7.55. The van der Waals surface area contributed by atoms with Crippen molar-refractivity contribution in [3.05, 3.63) is 46.8 Å². The van der Waals surface area contributed by atoms with Crippen LogP contribution in [0.25, 0.3) is 0 Å². The Morgan fingerprint density at radius 3 is 2.73 bits per heavy atom. The van der Waals surface area contributed by atoms with Crippen LogP contribution in [0.15, 0.2) is 33.7 Å². The van der Waals surface area contributed by atoms with Crippen molar-refractivity contribution in [2.24, 2.45) is 5.73 Å². The SMILES string of the molecule is Cc1noc(C)c1CSc1ccccc1C(=O)NCCN.Cl. The van der Waals surface area contributed by atoms with E-state index in [9.17, 15) is 4.79 Å². The van der Waals surface area contributed by atoms with Crippen molar-refractivity contribution in [2.75, 3.05) is 13.1 Å². The molecule has 2 rings (SSSR count). The standard InChI is InChI=1S/C15H19N3O2S.ClH/c1-10-13(11(2)20-18-10)9-21-14-6-4-3-5-12(14)15(19)17-8-7-16;/h3-6H,7-9,16H2,1-2H3,(H,17,19);1H. The molecule has 2 aromatic rings. The Kier molecular flexibility index (Phi) is 7.44. The van der Waals surface area contributed by atoms with Gasteiger partial charge in [0, 0.05) is 29.3 Å². The summed E-state index contributed by atoms with van der Waals surface area (Å²) in [5.41, 5.74) is 8.06. The number of carbonyl (C=O) groups is 1. The van der Waals surface area contributed by atoms with Crippen molar-refractivity contribution >= 4 is 30.1 Å². The molecular formula is C15H20ClN3O2S. The Morgan fingerprint density at radius 2 is 2.09 bits per heavy atom. The largest absolute Gasteiger partial charge is 0.361 e. The second-order valence-corrected chi connectivity index (χ2v) is 5.65. The number of amides is 1. The molecule has 0 fully saturated rings. The van der Waals surface area contributed by atoms with Gasteiger partial charge in [0.05, 0.1) is 11.3 Å². The fourth-order valence-corrected chi connectivity index (χ4v) is 3.12. The normalized spacial score (nSPS) is 10.1. The van der Waals surface area contributed by atoms with Gasteiger partial charge in [0.2, 0.25) is 0 Å². The van der Waals surface area contributed by atoms with Gasteiger partial charge < -0.3 is 15.6 Å². The summed E-state index contributed by atoms with van der Waals surface area (Å²) in [6.45, 7) is 4.73. The first-order valence-corrected chi connectivity index (χ1v) is 7.74. The van der Waals surface area contributed by atoms with Gasteiger partial charge in [-0.3, -0.25) is 4.79 Å². The number of rotatable bonds is 6. The maximum atomic E-state index is 12.1. The van der Waals surface area contributed by atoms with Gasteiger partial charge in [-0.1, -0.05) is 17.3 Å². The highest BCUT2D eigenvalue weighted by Crippen LogP contribution is 2.28. The maximum Gasteiger partial charge on any atom is 0.252 e. The number of carbonyl (C=O) groups excluding carboxylic acids is 1. The van der Waals surface area contributed by atoms with Gasteiger partial charge in [0.15, 0.2) is 0 Å². The van der Waals surface area contributed by atoms with E-state index in [1.807, 2.05) is 38.1 Å². The van der Waals surface area contributed by atoms with Gasteiger partial charge in [0.25, 0.3) is 5.91 Å². The summed E-state index contributed by atoms with van der Waals surface area (Å²) in [4.78, 5) is 13.0. The third-order valence-electron chi connectivity index (χ3n) is 3.11. The van der Waals surface area contributed by atoms with Crippen LogP contribution in [0.2, 0.25) is 0 Å². The number of nitrogens with one attached hydrogen (secondary N) is 1. The Morgan fingerprint density at radius 1 is 1.36 bits per heavy atom. The van der Waals surface area contributed by atoms with Crippen LogP contribution < -0.4 is 11.1 Å². The monoisotopic (exact) mass is 341 g/mol. The number of benzene rings is 1. The fourth-order valence-electron chi connectivity index (χ4n) is 1.92. The lowest BCUT2D eigenvalue weighted by molar-refractivity contribution is 0.0952. The molecule has 0 radical (unpaired) electrons. The molecule has 5 nitrogen and oxygen atoms in total. The van der Waals surface area contributed by atoms with E-state index >= 15 is 0 Å². The van der Waals surface area contributed by atoms with E-state index in [0.717, 1.165) is 27.7 Å². The van der Waals surface area contributed by atoms with Crippen molar-refractivity contribution in [1.82, 2.24) is 10.5 Å². The molecule has 0 bridgehead atoms. The highest BCUT2D eigenvalue weighted by atomic mass is 35.5. The van der Waals surface area contributed by atoms with Crippen molar-refractivity contribution in [2.45, 2.75) is 24.5 Å². The number of nitrogens with two attached hydrogens (primary N) is 1. The highest BCUT2D eigenvalue weighted by molar-refractivity contribution is 7.98. The van der Waals surface area contributed by atoms with Crippen LogP contribution in [0.1, 0.15) is 27.4 Å². The van der Waals surface area contributed by atoms with Crippen molar-refractivity contribution < 1.29 is 9.32 Å². The smallest absolute Gasteiger partial charge is 0.252 e. The predicted octanol–water partition coefficient (Wildman–Crippen LogP) is 2.69. The van der Waals surface area contributed by atoms with Gasteiger partial charge in [-0.25, -0.2) is 0 Å². The molecule has 0 aliphatic carbocycles. The predicted molar refractivity (Wildman–Crippen MR) is 90.6 cm³/mol. The zero-order valence-corrected chi connectivity index (χ0v) is 14.2. The molecule has 7 heteroatoms. The maximum absolute atomic E-state index is 12.1. The number of aryl methyl sites for hydroxylation is 2. The first-order chi connectivity index (χ1) is 10.1. The minimum absolute atomic E-state index is 0. The van der Waals surface area contributed by atoms with Gasteiger partial charge in [-0.05, 0) is 26.0 Å². The average molecular weight is 342 g/mol. The van der Waals surface area contributed by atoms with E-state index in [1.165, 1.54) is 0 Å². The van der Waals surface area contributed by atoms with E-state index < -0.39 is 0 Å². The quantitative estimate of drug-likeness (QED) is 0.789. The van der Waals surface area contributed by atoms with E-state index in [0.29, 0.717) is 18.7 Å². The van der Waals surface area contributed by atoms with Crippen LogP contribution in [0.5, 0.6) is 0 Å². The molecule has 0 saturated heterocycles. The number of hydrogen-bond donors (Lipinski definition) is 2. The zero-order valence-electron chi connectivity index (χ0n) is 12.6. The van der Waals surface area contributed by atoms with E-state index in [1.54, 1.807) is 11.8 Å². The molecule has 0 aliphatic rings. The molecule has 1 heterocycles. The second kappa shape index (κ2) is 8.82. The minimum atomic E-state index is -0.0951. The van der Waals surface area contributed by atoms with Crippen LogP contribution >= 0.6 is 24.2 Å². The zero-order chi connectivity index (χ0) is 15.2. The van der Waals surface area contributed by atoms with Crippen molar-refractivity contribution in [3.8, 4) is 0 Å². The molecule has 3 N–H and O–H groups in total. The summed E-state index contributed by atoms with van der Waals surface area (Å²) in [6.07, 6.45) is 0. The van der Waals surface area contributed by atoms with Gasteiger partial charge in [0.1, 0.15) is 5.76 Å². The first-order valence-electron chi connectivity index (χ1n) is 6.75. The third kappa shape index (κ3) is 4.50. The molecule has 120 valence electrons. The number of hydrogen-bond acceptors (Lipinski definition) is 5. The number of halogens is 1. The molecule has 0 unspecified atom stereocenters. The van der Waals surface area contributed by atoms with Gasteiger partial charge in [-0.2, -0.15) is 0 Å². The Hall–Kier alpha value is -1.50. The average Bonchev–Trinajstić information content (AvgIpc) is 2.82. The summed E-state index contributed by atoms with van der Waals surface area (Å²) >= 11 is 1.60. The first kappa shape index (κ1) is 18.5. The molecule has 0 saturated carbocycles. The Bertz CT molecular complexity index is 612. The summed E-state index contributed by atoms with van der Waals surface area (Å²) in [5.74, 6) is 1.45. The molecule has 0 aliphatic heterocycles. The van der Waals surface area contributed by atoms with E-state index in [-0.39, 0.29) is 18.3 Å². The topological polar surface area (TPSA) is 81.2 Å². The van der Waals surface area contributed by atoms with Gasteiger partial charge >= 0.3 is 0 Å². The lowest BCUT2D eigenvalue weighted by Gasteiger charge is -2.09. The number of nitrogens with zero attached hydrogens (tertiary/aromatic N) is 1. The Labute approximate surface area is 140 Å². The molecular weight excluding hydrogens is 322 g/mol. The lowest BCUT2D eigenvalue weighted by atomic mass is 10.2. The summed E-state index contributed by atoms with van der Waals surface area (Å²) in [5, 5.41) is 6.74. The Balaban J connectivity index is 0.00000242. The van der Waals surface area contributed by atoms with Crippen LogP contribution in [-0.4, -0.2) is 24.2 Å². The molecule has 1 aromatic carbocycles. The van der Waals surface area contributed by atoms with Crippen molar-refractivity contribution in [1.29, 1.82) is 0 Å². The third-order valence-corrected chi connectivity index (χ3v) is 4.21. The number of thioether (sulfide) groups is 1.